The molecule has 3 N–H and O–H groups in total. The number of benzene rings is 3. The number of halogens is 3. The summed E-state index contributed by atoms with van der Waals surface area (Å²) in [6.45, 7) is 1.80. The number of nitrogens with one attached hydrogen (secondary N) is 3. The molecule has 1 heterocycles. The Morgan fingerprint density at radius 3 is 2.50 bits per heavy atom. The summed E-state index contributed by atoms with van der Waals surface area (Å²) in [7, 11) is 0. The highest BCUT2D eigenvalue weighted by molar-refractivity contribution is 8.01. The lowest BCUT2D eigenvalue weighted by atomic mass is 10.1. The third-order valence-electron chi connectivity index (χ3n) is 4.90. The SMILES string of the molecule is C[C@H]1Sc2ccc(C(=O)Nc3ccc([S+]([O-])Nc4cccc(C(F)(F)F)c4)cc3)cc2NC1=O. The van der Waals surface area contributed by atoms with Gasteiger partial charge in [-0.1, -0.05) is 6.07 Å². The normalized spacial score (nSPS) is 16.3. The fourth-order valence-corrected chi connectivity index (χ4v) is 4.91. The Labute approximate surface area is 200 Å². The van der Waals surface area contributed by atoms with Crippen molar-refractivity contribution >= 4 is 52.0 Å². The van der Waals surface area contributed by atoms with Gasteiger partial charge in [-0.05, 0) is 67.6 Å². The van der Waals surface area contributed by atoms with Crippen LogP contribution in [0.4, 0.5) is 30.2 Å². The van der Waals surface area contributed by atoms with E-state index >= 15 is 0 Å². The van der Waals surface area contributed by atoms with Gasteiger partial charge < -0.3 is 15.2 Å². The Morgan fingerprint density at radius 1 is 1.06 bits per heavy atom. The monoisotopic (exact) mass is 505 g/mol. The number of thioether (sulfide) groups is 1. The van der Waals surface area contributed by atoms with E-state index in [0.29, 0.717) is 21.8 Å². The number of hydrogen-bond acceptors (Lipinski definition) is 5. The van der Waals surface area contributed by atoms with Crippen LogP contribution in [0.5, 0.6) is 0 Å². The van der Waals surface area contributed by atoms with E-state index in [0.717, 1.165) is 17.0 Å². The van der Waals surface area contributed by atoms with E-state index in [1.807, 2.05) is 0 Å². The van der Waals surface area contributed by atoms with Gasteiger partial charge in [0.05, 0.1) is 22.2 Å². The van der Waals surface area contributed by atoms with E-state index in [1.165, 1.54) is 48.2 Å². The zero-order chi connectivity index (χ0) is 24.5. The Balaban J connectivity index is 1.41. The van der Waals surface area contributed by atoms with Crippen LogP contribution < -0.4 is 15.4 Å². The molecule has 0 bridgehead atoms. The van der Waals surface area contributed by atoms with Crippen molar-refractivity contribution in [1.29, 1.82) is 0 Å². The number of hydrogen-bond donors (Lipinski definition) is 3. The molecule has 0 aliphatic carbocycles. The molecule has 0 saturated heterocycles. The minimum absolute atomic E-state index is 0.0672. The molecule has 1 aliphatic rings. The third-order valence-corrected chi connectivity index (χ3v) is 7.20. The van der Waals surface area contributed by atoms with E-state index in [1.54, 1.807) is 25.1 Å². The average Bonchev–Trinajstić information content (AvgIpc) is 2.79. The Bertz CT molecular complexity index is 1240. The highest BCUT2D eigenvalue weighted by Gasteiger charge is 2.31. The summed E-state index contributed by atoms with van der Waals surface area (Å²) in [4.78, 5) is 25.7. The topological polar surface area (TPSA) is 93.3 Å². The van der Waals surface area contributed by atoms with Crippen molar-refractivity contribution in [3.05, 3.63) is 77.9 Å². The largest absolute Gasteiger partial charge is 0.588 e. The van der Waals surface area contributed by atoms with Gasteiger partial charge in [-0.25, -0.2) is 4.72 Å². The summed E-state index contributed by atoms with van der Waals surface area (Å²) in [5, 5.41) is 5.29. The predicted octanol–water partition coefficient (Wildman–Crippen LogP) is 5.53. The van der Waals surface area contributed by atoms with Gasteiger partial charge in [0.1, 0.15) is 11.4 Å². The number of alkyl halides is 3. The van der Waals surface area contributed by atoms with Gasteiger partial charge >= 0.3 is 6.18 Å². The molecule has 1 unspecified atom stereocenters. The molecule has 0 aromatic heterocycles. The molecule has 0 fully saturated rings. The van der Waals surface area contributed by atoms with Crippen molar-refractivity contribution < 1.29 is 27.3 Å². The molecule has 3 aromatic carbocycles. The molecule has 2 amide bonds. The van der Waals surface area contributed by atoms with Crippen molar-refractivity contribution in [2.75, 3.05) is 15.4 Å². The number of amides is 2. The molecule has 0 spiro atoms. The number of anilines is 3. The second-order valence-electron chi connectivity index (χ2n) is 7.39. The number of fused-ring (bicyclic) bond motifs is 1. The molecule has 4 rings (SSSR count). The van der Waals surface area contributed by atoms with Crippen molar-refractivity contribution in [2.45, 2.75) is 28.1 Å². The first-order valence-corrected chi connectivity index (χ1v) is 12.0. The molecule has 11 heteroatoms. The minimum atomic E-state index is -4.50. The van der Waals surface area contributed by atoms with E-state index in [-0.39, 0.29) is 16.8 Å². The van der Waals surface area contributed by atoms with Crippen LogP contribution in [0, 0.1) is 0 Å². The highest BCUT2D eigenvalue weighted by atomic mass is 32.2. The minimum Gasteiger partial charge on any atom is -0.588 e. The molecule has 2 atom stereocenters. The molecule has 176 valence electrons. The Kier molecular flexibility index (Phi) is 6.78. The van der Waals surface area contributed by atoms with Crippen LogP contribution in [0.3, 0.4) is 0 Å². The van der Waals surface area contributed by atoms with Crippen LogP contribution in [-0.4, -0.2) is 21.6 Å². The van der Waals surface area contributed by atoms with Crippen LogP contribution in [0.1, 0.15) is 22.8 Å². The van der Waals surface area contributed by atoms with Gasteiger partial charge in [0.2, 0.25) is 5.91 Å². The summed E-state index contributed by atoms with van der Waals surface area (Å²) in [5.74, 6) is -0.519. The van der Waals surface area contributed by atoms with Gasteiger partial charge in [0.25, 0.3) is 5.91 Å². The third kappa shape index (κ3) is 5.49. The van der Waals surface area contributed by atoms with E-state index in [4.69, 9.17) is 0 Å². The summed E-state index contributed by atoms with van der Waals surface area (Å²) in [6, 6.07) is 15.5. The summed E-state index contributed by atoms with van der Waals surface area (Å²) >= 11 is -0.390. The van der Waals surface area contributed by atoms with Crippen LogP contribution in [0.2, 0.25) is 0 Å². The second-order valence-corrected chi connectivity index (χ2v) is 9.98. The summed E-state index contributed by atoms with van der Waals surface area (Å²) in [6.07, 6.45) is -4.50. The average molecular weight is 506 g/mol. The van der Waals surface area contributed by atoms with Gasteiger partial charge in [0, 0.05) is 16.1 Å². The van der Waals surface area contributed by atoms with Crippen molar-refractivity contribution in [3.8, 4) is 0 Å². The Hall–Kier alpha value is -3.15. The molecule has 0 radical (unpaired) electrons. The predicted molar refractivity (Wildman–Crippen MR) is 126 cm³/mol. The quantitative estimate of drug-likeness (QED) is 0.397. The number of carbonyl (C=O) groups excluding carboxylic acids is 2. The van der Waals surface area contributed by atoms with Crippen molar-refractivity contribution in [1.82, 2.24) is 0 Å². The smallest absolute Gasteiger partial charge is 0.416 e. The van der Waals surface area contributed by atoms with Crippen LogP contribution >= 0.6 is 11.8 Å². The maximum atomic E-state index is 12.9. The maximum Gasteiger partial charge on any atom is 0.416 e. The maximum absolute atomic E-state index is 12.9. The fraction of sp³-hybridized carbons (Fsp3) is 0.130. The van der Waals surface area contributed by atoms with Gasteiger partial charge in [-0.15, -0.1) is 11.8 Å². The molecule has 34 heavy (non-hydrogen) atoms. The fourth-order valence-electron chi connectivity index (χ4n) is 3.14. The molecule has 6 nitrogen and oxygen atoms in total. The molecule has 3 aromatic rings. The number of carbonyl (C=O) groups is 2. The zero-order valence-electron chi connectivity index (χ0n) is 17.6. The first kappa shape index (κ1) is 24.0. The van der Waals surface area contributed by atoms with Crippen LogP contribution in [0.25, 0.3) is 0 Å². The molecular weight excluding hydrogens is 487 g/mol. The van der Waals surface area contributed by atoms with Crippen molar-refractivity contribution in [3.63, 3.8) is 0 Å². The molecule has 1 aliphatic heterocycles. The lowest BCUT2D eigenvalue weighted by molar-refractivity contribution is -0.137. The Morgan fingerprint density at radius 2 is 1.79 bits per heavy atom. The van der Waals surface area contributed by atoms with Crippen LogP contribution in [-0.2, 0) is 22.3 Å². The first-order chi connectivity index (χ1) is 16.1. The standard InChI is InChI=1S/C23H18F3N3O3S2/c1-13-21(30)28-19-11-14(5-10-20(19)33-13)22(31)27-16-6-8-18(9-7-16)34(32)29-17-4-2-3-15(12-17)23(24,25)26/h2-13,29H,1H3,(H,27,31)(H,28,30)/t13-,34?/m1/s1. The van der Waals surface area contributed by atoms with Crippen LogP contribution in [0.15, 0.2) is 76.5 Å². The first-order valence-electron chi connectivity index (χ1n) is 9.99. The van der Waals surface area contributed by atoms with E-state index in [9.17, 15) is 27.3 Å². The zero-order valence-corrected chi connectivity index (χ0v) is 19.2. The van der Waals surface area contributed by atoms with E-state index < -0.39 is 29.0 Å². The van der Waals surface area contributed by atoms with Crippen molar-refractivity contribution in [2.24, 2.45) is 0 Å². The highest BCUT2D eigenvalue weighted by Crippen LogP contribution is 2.36. The summed E-state index contributed by atoms with van der Waals surface area (Å²) < 4.78 is 53.6. The van der Waals surface area contributed by atoms with Gasteiger partial charge in [-0.2, -0.15) is 13.2 Å². The molecule has 0 saturated carbocycles. The lowest BCUT2D eigenvalue weighted by Crippen LogP contribution is -2.26. The molecular formula is C23H18F3N3O3S2. The van der Waals surface area contributed by atoms with E-state index in [2.05, 4.69) is 15.4 Å². The second kappa shape index (κ2) is 9.61. The number of rotatable bonds is 5. The summed E-state index contributed by atoms with van der Waals surface area (Å²) in [5.41, 5.74) is 0.592. The van der Waals surface area contributed by atoms with Gasteiger partial charge in [0.15, 0.2) is 4.90 Å². The van der Waals surface area contributed by atoms with Gasteiger partial charge in [-0.3, -0.25) is 9.59 Å². The lowest BCUT2D eigenvalue weighted by Gasteiger charge is -2.21.